The second kappa shape index (κ2) is 1.99. The third-order valence-corrected chi connectivity index (χ3v) is 4.03. The molecule has 3 fully saturated rings. The minimum Gasteiger partial charge on any atom is -0.481 e. The SMILES string of the molecule is CC(C)=C1[C@H]2[C@H](C(=O)O)[C@@H]2[C@H]2C[C@H]12. The molecule has 0 heterocycles. The van der Waals surface area contributed by atoms with E-state index in [4.69, 9.17) is 5.11 Å². The molecule has 0 aromatic carbocycles. The quantitative estimate of drug-likeness (QED) is 0.623. The third-order valence-electron chi connectivity index (χ3n) is 4.03. The number of fused-ring (bicyclic) bond motifs is 3. The molecule has 13 heavy (non-hydrogen) atoms. The normalized spacial score (nSPS) is 49.7. The first-order valence-electron chi connectivity index (χ1n) is 5.03. The summed E-state index contributed by atoms with van der Waals surface area (Å²) in [6, 6.07) is 0. The maximum atomic E-state index is 10.9. The number of rotatable bonds is 1. The molecule has 70 valence electrons. The van der Waals surface area contributed by atoms with Crippen molar-refractivity contribution >= 4 is 5.97 Å². The van der Waals surface area contributed by atoms with Crippen LogP contribution >= 0.6 is 0 Å². The van der Waals surface area contributed by atoms with Gasteiger partial charge >= 0.3 is 5.97 Å². The highest BCUT2D eigenvalue weighted by atomic mass is 16.4. The first kappa shape index (κ1) is 7.60. The van der Waals surface area contributed by atoms with Crippen LogP contribution in [0.5, 0.6) is 0 Å². The number of carbonyl (C=O) groups is 1. The molecule has 1 N–H and O–H groups in total. The molecule has 0 spiro atoms. The van der Waals surface area contributed by atoms with Crippen molar-refractivity contribution in [3.05, 3.63) is 11.1 Å². The largest absolute Gasteiger partial charge is 0.481 e. The van der Waals surface area contributed by atoms with Crippen LogP contribution in [0.1, 0.15) is 20.3 Å². The Kier molecular flexibility index (Phi) is 1.17. The van der Waals surface area contributed by atoms with Crippen LogP contribution in [-0.4, -0.2) is 11.1 Å². The predicted molar refractivity (Wildman–Crippen MR) is 48.1 cm³/mol. The molecule has 3 rings (SSSR count). The number of carboxylic acid groups (broad SMARTS) is 1. The second-order valence-electron chi connectivity index (χ2n) is 4.93. The first-order chi connectivity index (χ1) is 6.13. The summed E-state index contributed by atoms with van der Waals surface area (Å²) in [5.74, 6) is 1.90. The Morgan fingerprint density at radius 2 is 2.15 bits per heavy atom. The molecule has 3 aliphatic carbocycles. The zero-order valence-corrected chi connectivity index (χ0v) is 7.95. The zero-order chi connectivity index (χ0) is 9.33. The average molecular weight is 178 g/mol. The summed E-state index contributed by atoms with van der Waals surface area (Å²) < 4.78 is 0. The smallest absolute Gasteiger partial charge is 0.307 e. The Morgan fingerprint density at radius 3 is 2.69 bits per heavy atom. The maximum Gasteiger partial charge on any atom is 0.307 e. The molecular weight excluding hydrogens is 164 g/mol. The molecule has 2 nitrogen and oxygen atoms in total. The van der Waals surface area contributed by atoms with Gasteiger partial charge in [0.15, 0.2) is 0 Å². The van der Waals surface area contributed by atoms with Crippen molar-refractivity contribution in [3.63, 3.8) is 0 Å². The van der Waals surface area contributed by atoms with Crippen molar-refractivity contribution in [2.45, 2.75) is 20.3 Å². The Balaban J connectivity index is 1.95. The lowest BCUT2D eigenvalue weighted by Gasteiger charge is -2.05. The molecule has 0 amide bonds. The predicted octanol–water partition coefficient (Wildman–Crippen LogP) is 1.92. The van der Waals surface area contributed by atoms with E-state index in [0.29, 0.717) is 11.8 Å². The van der Waals surface area contributed by atoms with E-state index in [9.17, 15) is 4.79 Å². The number of allylic oxidation sites excluding steroid dienone is 2. The highest BCUT2D eigenvalue weighted by molar-refractivity contribution is 5.77. The lowest BCUT2D eigenvalue weighted by Crippen LogP contribution is -2.05. The van der Waals surface area contributed by atoms with Crippen molar-refractivity contribution < 1.29 is 9.90 Å². The number of carboxylic acids is 1. The van der Waals surface area contributed by atoms with Crippen molar-refractivity contribution in [2.75, 3.05) is 0 Å². The number of aliphatic carboxylic acids is 1. The Labute approximate surface area is 77.6 Å². The molecule has 3 saturated carbocycles. The molecule has 0 saturated heterocycles. The van der Waals surface area contributed by atoms with Crippen LogP contribution in [-0.2, 0) is 4.79 Å². The van der Waals surface area contributed by atoms with Gasteiger partial charge in [0.1, 0.15) is 0 Å². The van der Waals surface area contributed by atoms with E-state index in [2.05, 4.69) is 13.8 Å². The van der Waals surface area contributed by atoms with Crippen molar-refractivity contribution in [3.8, 4) is 0 Å². The fraction of sp³-hybridized carbons (Fsp3) is 0.727. The van der Waals surface area contributed by atoms with E-state index in [1.165, 1.54) is 17.6 Å². The van der Waals surface area contributed by atoms with Crippen LogP contribution in [0.15, 0.2) is 11.1 Å². The average Bonchev–Trinajstić information content (AvgIpc) is 2.85. The van der Waals surface area contributed by atoms with Crippen LogP contribution in [0.2, 0.25) is 0 Å². The van der Waals surface area contributed by atoms with Gasteiger partial charge in [0.05, 0.1) is 5.92 Å². The standard InChI is InChI=1S/C11H14O2/c1-4(2)7-5-3-6(5)8-9(7)10(8)11(12)13/h5-6,8-10H,3H2,1-2H3,(H,12,13)/t5-,6-,8+,9+,10+/m0/s1. The molecule has 3 aliphatic rings. The van der Waals surface area contributed by atoms with E-state index < -0.39 is 5.97 Å². The minimum atomic E-state index is -0.570. The van der Waals surface area contributed by atoms with Gasteiger partial charge in [-0.1, -0.05) is 11.1 Å². The summed E-state index contributed by atoms with van der Waals surface area (Å²) in [5.41, 5.74) is 2.88. The maximum absolute atomic E-state index is 10.9. The van der Waals surface area contributed by atoms with Crippen LogP contribution in [0.4, 0.5) is 0 Å². The summed E-state index contributed by atoms with van der Waals surface area (Å²) in [7, 11) is 0. The zero-order valence-electron chi connectivity index (χ0n) is 7.95. The van der Waals surface area contributed by atoms with Gasteiger partial charge in [-0.25, -0.2) is 0 Å². The Hall–Kier alpha value is -0.790. The van der Waals surface area contributed by atoms with Crippen molar-refractivity contribution in [1.29, 1.82) is 0 Å². The van der Waals surface area contributed by atoms with Gasteiger partial charge in [0.25, 0.3) is 0 Å². The van der Waals surface area contributed by atoms with Gasteiger partial charge in [-0.2, -0.15) is 0 Å². The Bertz CT molecular complexity index is 325. The Morgan fingerprint density at radius 1 is 1.46 bits per heavy atom. The van der Waals surface area contributed by atoms with Crippen LogP contribution in [0.25, 0.3) is 0 Å². The summed E-state index contributed by atoms with van der Waals surface area (Å²) >= 11 is 0. The summed E-state index contributed by atoms with van der Waals surface area (Å²) in [6.07, 6.45) is 1.27. The number of hydrogen-bond donors (Lipinski definition) is 1. The fourth-order valence-electron chi connectivity index (χ4n) is 3.54. The molecule has 0 aliphatic heterocycles. The van der Waals surface area contributed by atoms with E-state index in [1.54, 1.807) is 0 Å². The van der Waals surface area contributed by atoms with Gasteiger partial charge in [0.2, 0.25) is 0 Å². The van der Waals surface area contributed by atoms with Gasteiger partial charge in [-0.3, -0.25) is 4.79 Å². The molecule has 5 atom stereocenters. The minimum absolute atomic E-state index is 0.0198. The monoisotopic (exact) mass is 178 g/mol. The van der Waals surface area contributed by atoms with Crippen LogP contribution < -0.4 is 0 Å². The van der Waals surface area contributed by atoms with Gasteiger partial charge < -0.3 is 5.11 Å². The van der Waals surface area contributed by atoms with E-state index in [0.717, 1.165) is 11.8 Å². The topological polar surface area (TPSA) is 37.3 Å². The van der Waals surface area contributed by atoms with Gasteiger partial charge in [0, 0.05) is 0 Å². The van der Waals surface area contributed by atoms with Crippen molar-refractivity contribution in [1.82, 2.24) is 0 Å². The molecule has 2 heteroatoms. The second-order valence-corrected chi connectivity index (χ2v) is 4.93. The lowest BCUT2D eigenvalue weighted by molar-refractivity contribution is -0.139. The van der Waals surface area contributed by atoms with E-state index in [1.807, 2.05) is 0 Å². The molecule has 0 radical (unpaired) electrons. The molecule has 0 bridgehead atoms. The molecule has 0 unspecified atom stereocenters. The molecule has 0 aromatic rings. The first-order valence-corrected chi connectivity index (χ1v) is 5.03. The van der Waals surface area contributed by atoms with E-state index in [-0.39, 0.29) is 5.92 Å². The number of hydrogen-bond acceptors (Lipinski definition) is 1. The summed E-state index contributed by atoms with van der Waals surface area (Å²) in [6.45, 7) is 4.26. The summed E-state index contributed by atoms with van der Waals surface area (Å²) in [4.78, 5) is 10.9. The lowest BCUT2D eigenvalue weighted by atomic mass is 10.0. The van der Waals surface area contributed by atoms with Crippen molar-refractivity contribution in [2.24, 2.45) is 29.6 Å². The van der Waals surface area contributed by atoms with Crippen LogP contribution in [0, 0.1) is 29.6 Å². The third kappa shape index (κ3) is 0.767. The van der Waals surface area contributed by atoms with E-state index >= 15 is 0 Å². The highest BCUT2D eigenvalue weighted by Crippen LogP contribution is 2.75. The van der Waals surface area contributed by atoms with Crippen LogP contribution in [0.3, 0.4) is 0 Å². The van der Waals surface area contributed by atoms with Gasteiger partial charge in [-0.05, 0) is 43.9 Å². The van der Waals surface area contributed by atoms with Gasteiger partial charge in [-0.15, -0.1) is 0 Å². The highest BCUT2D eigenvalue weighted by Gasteiger charge is 2.73. The summed E-state index contributed by atoms with van der Waals surface area (Å²) in [5, 5.41) is 8.97. The fourth-order valence-corrected chi connectivity index (χ4v) is 3.54. The molecular formula is C11H14O2. The molecule has 0 aromatic heterocycles.